The first kappa shape index (κ1) is 22.1. The maximum Gasteiger partial charge on any atom is 0.352 e. The van der Waals surface area contributed by atoms with Crippen LogP contribution in [-0.4, -0.2) is 42.1 Å². The molecule has 0 bridgehead atoms. The second-order valence-electron chi connectivity index (χ2n) is 9.88. The summed E-state index contributed by atoms with van der Waals surface area (Å²) in [6, 6.07) is 7.58. The molecule has 1 aliphatic carbocycles. The number of amides is 2. The molecule has 2 N–H and O–H groups in total. The number of imidazole rings is 1. The lowest BCUT2D eigenvalue weighted by Gasteiger charge is -2.29. The Kier molecular flexibility index (Phi) is 5.83. The lowest BCUT2D eigenvalue weighted by atomic mass is 9.86. The molecule has 32 heavy (non-hydrogen) atoms. The minimum atomic E-state index is -0.407. The third-order valence-electron chi connectivity index (χ3n) is 6.04. The van der Waals surface area contributed by atoms with Crippen molar-refractivity contribution in [3.8, 4) is 0 Å². The van der Waals surface area contributed by atoms with E-state index in [2.05, 4.69) is 22.7 Å². The van der Waals surface area contributed by atoms with Crippen molar-refractivity contribution in [3.05, 3.63) is 34.7 Å². The van der Waals surface area contributed by atoms with Gasteiger partial charge in [0.05, 0.1) is 11.0 Å². The molecule has 1 saturated carbocycles. The first-order valence-electron chi connectivity index (χ1n) is 11.3. The molecule has 1 aliphatic rings. The molecular formula is C23H32N6O3. The fraction of sp³-hybridized carbons (Fsp3) is 0.565. The standard InChI is InChI=1S/C23H32N6O3/c1-15-9-5-6-10-16(15)24-19(30)13-27-17-11-7-8-12-18(17)29-21(27)26-28(22(29)32)14-20(31)25-23(2,3)4/h7-8,11-12,15-16H,5-6,9-10,13-14H2,1-4H3,(H,24,30)(H,25,31). The van der Waals surface area contributed by atoms with Crippen molar-refractivity contribution in [3.63, 3.8) is 0 Å². The predicted molar refractivity (Wildman–Crippen MR) is 122 cm³/mol. The maximum atomic E-state index is 13.1. The molecular weight excluding hydrogens is 408 g/mol. The molecule has 2 heterocycles. The summed E-state index contributed by atoms with van der Waals surface area (Å²) >= 11 is 0. The zero-order chi connectivity index (χ0) is 23.0. The number of hydrogen-bond acceptors (Lipinski definition) is 4. The first-order chi connectivity index (χ1) is 15.1. The molecule has 0 spiro atoms. The van der Waals surface area contributed by atoms with Crippen molar-refractivity contribution in [1.82, 2.24) is 29.4 Å². The lowest BCUT2D eigenvalue weighted by Crippen LogP contribution is -2.43. The van der Waals surface area contributed by atoms with Gasteiger partial charge in [-0.1, -0.05) is 31.9 Å². The van der Waals surface area contributed by atoms with Gasteiger partial charge in [-0.2, -0.15) is 0 Å². The van der Waals surface area contributed by atoms with Crippen LogP contribution in [0.4, 0.5) is 0 Å². The molecule has 9 heteroatoms. The molecule has 1 fully saturated rings. The lowest BCUT2D eigenvalue weighted by molar-refractivity contribution is -0.124. The summed E-state index contributed by atoms with van der Waals surface area (Å²) < 4.78 is 4.37. The SMILES string of the molecule is CC1CCCCC1NC(=O)Cn1c2ccccc2n2c(=O)n(CC(=O)NC(C)(C)C)nc12. The largest absolute Gasteiger partial charge is 0.352 e. The number of hydrogen-bond donors (Lipinski definition) is 2. The summed E-state index contributed by atoms with van der Waals surface area (Å²) in [5.41, 5.74) is 0.607. The Morgan fingerprint density at radius 1 is 1.06 bits per heavy atom. The Bertz CT molecular complexity index is 1210. The van der Waals surface area contributed by atoms with Gasteiger partial charge < -0.3 is 10.6 Å². The van der Waals surface area contributed by atoms with Crippen molar-refractivity contribution in [2.24, 2.45) is 5.92 Å². The van der Waals surface area contributed by atoms with Gasteiger partial charge in [0.2, 0.25) is 17.6 Å². The summed E-state index contributed by atoms with van der Waals surface area (Å²) in [5.74, 6) is 0.420. The van der Waals surface area contributed by atoms with E-state index >= 15 is 0 Å². The van der Waals surface area contributed by atoms with E-state index in [9.17, 15) is 14.4 Å². The van der Waals surface area contributed by atoms with Crippen LogP contribution in [0.3, 0.4) is 0 Å². The van der Waals surface area contributed by atoms with E-state index in [0.717, 1.165) is 29.5 Å². The van der Waals surface area contributed by atoms with E-state index < -0.39 is 11.2 Å². The molecule has 2 unspecified atom stereocenters. The fourth-order valence-electron chi connectivity index (χ4n) is 4.55. The van der Waals surface area contributed by atoms with Crippen molar-refractivity contribution in [2.45, 2.75) is 78.0 Å². The van der Waals surface area contributed by atoms with Crippen LogP contribution in [0.2, 0.25) is 0 Å². The highest BCUT2D eigenvalue weighted by Gasteiger charge is 2.25. The van der Waals surface area contributed by atoms with Gasteiger partial charge in [0.25, 0.3) is 0 Å². The van der Waals surface area contributed by atoms with Crippen LogP contribution in [0, 0.1) is 5.92 Å². The smallest absolute Gasteiger partial charge is 0.352 e. The number of benzene rings is 1. The van der Waals surface area contributed by atoms with E-state index in [0.29, 0.717) is 17.2 Å². The highest BCUT2D eigenvalue weighted by Crippen LogP contribution is 2.24. The predicted octanol–water partition coefficient (Wildman–Crippen LogP) is 2.06. The van der Waals surface area contributed by atoms with Gasteiger partial charge in [-0.15, -0.1) is 5.10 Å². The van der Waals surface area contributed by atoms with Gasteiger partial charge in [0.1, 0.15) is 13.1 Å². The molecule has 0 aliphatic heterocycles. The van der Waals surface area contributed by atoms with Gasteiger partial charge in [-0.25, -0.2) is 13.9 Å². The van der Waals surface area contributed by atoms with Crippen molar-refractivity contribution >= 4 is 28.6 Å². The van der Waals surface area contributed by atoms with Crippen LogP contribution < -0.4 is 16.3 Å². The number of nitrogens with one attached hydrogen (secondary N) is 2. The molecule has 2 aromatic heterocycles. The van der Waals surface area contributed by atoms with Gasteiger partial charge >= 0.3 is 5.69 Å². The summed E-state index contributed by atoms with van der Waals surface area (Å²) in [6.07, 6.45) is 4.45. The Morgan fingerprint density at radius 3 is 2.44 bits per heavy atom. The number of aromatic nitrogens is 4. The van der Waals surface area contributed by atoms with E-state index in [1.165, 1.54) is 10.8 Å². The fourth-order valence-corrected chi connectivity index (χ4v) is 4.55. The molecule has 1 aromatic carbocycles. The Balaban J connectivity index is 1.66. The molecule has 0 saturated heterocycles. The van der Waals surface area contributed by atoms with Crippen molar-refractivity contribution in [1.29, 1.82) is 0 Å². The topological polar surface area (TPSA) is 102 Å². The van der Waals surface area contributed by atoms with E-state index in [-0.39, 0.29) is 30.9 Å². The summed E-state index contributed by atoms with van der Waals surface area (Å²) in [5, 5.41) is 10.4. The summed E-state index contributed by atoms with van der Waals surface area (Å²) in [4.78, 5) is 38.4. The molecule has 2 amide bonds. The van der Waals surface area contributed by atoms with Gasteiger partial charge in [-0.05, 0) is 51.7 Å². The van der Waals surface area contributed by atoms with Gasteiger partial charge in [0.15, 0.2) is 0 Å². The van der Waals surface area contributed by atoms with E-state index in [1.807, 2.05) is 45.0 Å². The maximum absolute atomic E-state index is 13.1. The molecule has 3 aromatic rings. The Morgan fingerprint density at radius 2 is 1.75 bits per heavy atom. The van der Waals surface area contributed by atoms with Crippen LogP contribution in [-0.2, 0) is 22.7 Å². The number of nitrogens with zero attached hydrogens (tertiary/aromatic N) is 4. The van der Waals surface area contributed by atoms with Crippen LogP contribution in [0.25, 0.3) is 16.8 Å². The third kappa shape index (κ3) is 4.42. The quantitative estimate of drug-likeness (QED) is 0.634. The van der Waals surface area contributed by atoms with Crippen molar-refractivity contribution < 1.29 is 9.59 Å². The Hall–Kier alpha value is -3.10. The van der Waals surface area contributed by atoms with Crippen LogP contribution in [0.5, 0.6) is 0 Å². The zero-order valence-electron chi connectivity index (χ0n) is 19.2. The van der Waals surface area contributed by atoms with Crippen LogP contribution in [0.15, 0.2) is 29.1 Å². The monoisotopic (exact) mass is 440 g/mol. The average Bonchev–Trinajstić information content (AvgIpc) is 3.18. The molecule has 4 rings (SSSR count). The Labute approximate surface area is 186 Å². The second kappa shape index (κ2) is 8.44. The minimum absolute atomic E-state index is 0.0604. The number of carbonyl (C=O) groups is 2. The number of rotatable bonds is 5. The minimum Gasteiger partial charge on any atom is -0.352 e. The number of carbonyl (C=O) groups excluding carboxylic acids is 2. The number of para-hydroxylation sites is 2. The summed E-state index contributed by atoms with van der Waals surface area (Å²) in [7, 11) is 0. The highest BCUT2D eigenvalue weighted by molar-refractivity contribution is 5.84. The van der Waals surface area contributed by atoms with E-state index in [1.54, 1.807) is 4.57 Å². The number of fused-ring (bicyclic) bond motifs is 3. The van der Waals surface area contributed by atoms with Crippen LogP contribution >= 0.6 is 0 Å². The van der Waals surface area contributed by atoms with Crippen LogP contribution in [0.1, 0.15) is 53.4 Å². The first-order valence-corrected chi connectivity index (χ1v) is 11.3. The molecule has 172 valence electrons. The molecule has 9 nitrogen and oxygen atoms in total. The molecule has 2 atom stereocenters. The average molecular weight is 441 g/mol. The second-order valence-corrected chi connectivity index (χ2v) is 9.88. The van der Waals surface area contributed by atoms with E-state index in [4.69, 9.17) is 0 Å². The summed E-state index contributed by atoms with van der Waals surface area (Å²) in [6.45, 7) is 7.69. The third-order valence-corrected chi connectivity index (χ3v) is 6.04. The van der Waals surface area contributed by atoms with Crippen molar-refractivity contribution in [2.75, 3.05) is 0 Å². The highest BCUT2D eigenvalue weighted by atomic mass is 16.2. The zero-order valence-corrected chi connectivity index (χ0v) is 19.2. The van der Waals surface area contributed by atoms with Gasteiger partial charge in [-0.3, -0.25) is 14.2 Å². The molecule has 0 radical (unpaired) electrons. The normalized spacial score (nSPS) is 19.4. The van der Waals surface area contributed by atoms with Gasteiger partial charge in [0, 0.05) is 11.6 Å².